The van der Waals surface area contributed by atoms with Crippen molar-refractivity contribution >= 4 is 11.7 Å². The lowest BCUT2D eigenvalue weighted by Gasteiger charge is -2.29. The highest BCUT2D eigenvalue weighted by Crippen LogP contribution is 2.19. The zero-order chi connectivity index (χ0) is 12.0. The van der Waals surface area contributed by atoms with Crippen molar-refractivity contribution in [1.29, 1.82) is 0 Å². The van der Waals surface area contributed by atoms with Crippen molar-refractivity contribution in [2.75, 3.05) is 19.0 Å². The predicted octanol–water partition coefficient (Wildman–Crippen LogP) is 1.98. The fourth-order valence-electron chi connectivity index (χ4n) is 1.54. The number of rotatable bonds is 6. The third-order valence-electron chi connectivity index (χ3n) is 2.56. The van der Waals surface area contributed by atoms with Gasteiger partial charge in [-0.3, -0.25) is 0 Å². The molecule has 4 heteroatoms. The Morgan fingerprint density at radius 1 is 1.44 bits per heavy atom. The molecule has 1 rings (SSSR count). The summed E-state index contributed by atoms with van der Waals surface area (Å²) in [5, 5.41) is 12.3. The van der Waals surface area contributed by atoms with Crippen molar-refractivity contribution < 1.29 is 14.6 Å². The van der Waals surface area contributed by atoms with Crippen LogP contribution in [0, 0.1) is 0 Å². The molecule has 0 amide bonds. The first kappa shape index (κ1) is 12.5. The summed E-state index contributed by atoms with van der Waals surface area (Å²) in [6.07, 6.45) is 0.449. The van der Waals surface area contributed by atoms with Crippen molar-refractivity contribution in [3.63, 3.8) is 0 Å². The highest BCUT2D eigenvalue weighted by Gasteiger charge is 2.36. The quantitative estimate of drug-likeness (QED) is 0.774. The van der Waals surface area contributed by atoms with E-state index in [1.54, 1.807) is 0 Å². The Balaban J connectivity index is 2.90. The van der Waals surface area contributed by atoms with E-state index in [1.807, 2.05) is 37.3 Å². The van der Waals surface area contributed by atoms with Crippen LogP contribution in [0.4, 0.5) is 5.69 Å². The van der Waals surface area contributed by atoms with Crippen LogP contribution < -0.4 is 5.32 Å². The summed E-state index contributed by atoms with van der Waals surface area (Å²) < 4.78 is 4.99. The minimum atomic E-state index is -1.06. The molecule has 0 heterocycles. The van der Waals surface area contributed by atoms with Crippen LogP contribution in [0.2, 0.25) is 0 Å². The van der Waals surface area contributed by atoms with Crippen LogP contribution >= 0.6 is 0 Å². The molecule has 88 valence electrons. The molecule has 1 aromatic carbocycles. The van der Waals surface area contributed by atoms with Gasteiger partial charge in [-0.2, -0.15) is 0 Å². The highest BCUT2D eigenvalue weighted by atomic mass is 16.5. The summed E-state index contributed by atoms with van der Waals surface area (Å²) in [4.78, 5) is 11.3. The number of para-hydroxylation sites is 1. The van der Waals surface area contributed by atoms with Crippen LogP contribution in [-0.2, 0) is 9.53 Å². The summed E-state index contributed by atoms with van der Waals surface area (Å²) in [7, 11) is 1.50. The number of anilines is 1. The summed E-state index contributed by atoms with van der Waals surface area (Å²) in [6.45, 7) is 1.96. The van der Waals surface area contributed by atoms with Gasteiger partial charge in [0.05, 0.1) is 6.61 Å². The van der Waals surface area contributed by atoms with Crippen molar-refractivity contribution in [3.8, 4) is 0 Å². The normalized spacial score (nSPS) is 14.1. The van der Waals surface area contributed by atoms with Gasteiger partial charge >= 0.3 is 5.97 Å². The van der Waals surface area contributed by atoms with Gasteiger partial charge in [0.1, 0.15) is 0 Å². The fourth-order valence-corrected chi connectivity index (χ4v) is 1.54. The van der Waals surface area contributed by atoms with E-state index in [1.165, 1.54) is 7.11 Å². The molecule has 2 N–H and O–H groups in total. The first-order valence-corrected chi connectivity index (χ1v) is 5.20. The largest absolute Gasteiger partial charge is 0.479 e. The smallest absolute Gasteiger partial charge is 0.331 e. The van der Waals surface area contributed by atoms with E-state index in [9.17, 15) is 9.90 Å². The zero-order valence-corrected chi connectivity index (χ0v) is 9.56. The standard InChI is InChI=1S/C12H17NO3/c1-3-12(9-16-2,11(14)15)13-10-7-5-4-6-8-10/h4-8,13H,3,9H2,1-2H3,(H,14,15). The van der Waals surface area contributed by atoms with E-state index < -0.39 is 11.5 Å². The number of hydrogen-bond acceptors (Lipinski definition) is 3. The lowest BCUT2D eigenvalue weighted by Crippen LogP contribution is -2.49. The monoisotopic (exact) mass is 223 g/mol. The maximum absolute atomic E-state index is 11.3. The number of aliphatic carboxylic acids is 1. The number of carbonyl (C=O) groups is 1. The van der Waals surface area contributed by atoms with E-state index in [4.69, 9.17) is 4.74 Å². The number of carboxylic acid groups (broad SMARTS) is 1. The number of methoxy groups -OCH3 is 1. The molecule has 0 saturated carbocycles. The molecule has 1 aromatic rings. The average Bonchev–Trinajstić information content (AvgIpc) is 2.29. The van der Waals surface area contributed by atoms with E-state index >= 15 is 0 Å². The van der Waals surface area contributed by atoms with Gasteiger partial charge < -0.3 is 15.2 Å². The lowest BCUT2D eigenvalue weighted by atomic mass is 9.97. The Kier molecular flexibility index (Phi) is 4.31. The second-order valence-corrected chi connectivity index (χ2v) is 3.66. The molecular weight excluding hydrogens is 206 g/mol. The molecule has 0 spiro atoms. The van der Waals surface area contributed by atoms with E-state index in [0.717, 1.165) is 5.69 Å². The maximum Gasteiger partial charge on any atom is 0.331 e. The Morgan fingerprint density at radius 3 is 2.50 bits per heavy atom. The Labute approximate surface area is 95.2 Å². The van der Waals surface area contributed by atoms with Gasteiger partial charge in [-0.05, 0) is 18.6 Å². The molecule has 0 bridgehead atoms. The van der Waals surface area contributed by atoms with Crippen LogP contribution in [0.15, 0.2) is 30.3 Å². The Hall–Kier alpha value is -1.55. The van der Waals surface area contributed by atoms with E-state index in [-0.39, 0.29) is 6.61 Å². The predicted molar refractivity (Wildman–Crippen MR) is 62.6 cm³/mol. The average molecular weight is 223 g/mol. The van der Waals surface area contributed by atoms with Crippen molar-refractivity contribution in [2.24, 2.45) is 0 Å². The van der Waals surface area contributed by atoms with Crippen molar-refractivity contribution in [3.05, 3.63) is 30.3 Å². The van der Waals surface area contributed by atoms with Gasteiger partial charge in [0.15, 0.2) is 5.54 Å². The van der Waals surface area contributed by atoms with Crippen LogP contribution in [0.25, 0.3) is 0 Å². The summed E-state index contributed by atoms with van der Waals surface area (Å²) >= 11 is 0. The van der Waals surface area contributed by atoms with Crippen molar-refractivity contribution in [2.45, 2.75) is 18.9 Å². The molecule has 0 aliphatic rings. The van der Waals surface area contributed by atoms with Crippen LogP contribution in [0.5, 0.6) is 0 Å². The van der Waals surface area contributed by atoms with Gasteiger partial charge in [0.2, 0.25) is 0 Å². The number of carboxylic acids is 1. The highest BCUT2D eigenvalue weighted by molar-refractivity contribution is 5.83. The Morgan fingerprint density at radius 2 is 2.06 bits per heavy atom. The number of hydrogen-bond donors (Lipinski definition) is 2. The second-order valence-electron chi connectivity index (χ2n) is 3.66. The van der Waals surface area contributed by atoms with Crippen LogP contribution in [-0.4, -0.2) is 30.3 Å². The minimum Gasteiger partial charge on any atom is -0.479 e. The third kappa shape index (κ3) is 2.73. The van der Waals surface area contributed by atoms with E-state index in [2.05, 4.69) is 5.32 Å². The summed E-state index contributed by atoms with van der Waals surface area (Å²) in [5.74, 6) is -0.902. The topological polar surface area (TPSA) is 58.6 Å². The fraction of sp³-hybridized carbons (Fsp3) is 0.417. The van der Waals surface area contributed by atoms with Gasteiger partial charge in [-0.1, -0.05) is 25.1 Å². The number of ether oxygens (including phenoxy) is 1. The van der Waals surface area contributed by atoms with Gasteiger partial charge in [-0.15, -0.1) is 0 Å². The first-order chi connectivity index (χ1) is 7.64. The number of nitrogens with one attached hydrogen (secondary N) is 1. The second kappa shape index (κ2) is 5.51. The molecule has 0 radical (unpaired) electrons. The summed E-state index contributed by atoms with van der Waals surface area (Å²) in [5.41, 5.74) is -0.278. The zero-order valence-electron chi connectivity index (χ0n) is 9.56. The van der Waals surface area contributed by atoms with Crippen LogP contribution in [0.1, 0.15) is 13.3 Å². The molecule has 1 unspecified atom stereocenters. The maximum atomic E-state index is 11.3. The molecule has 0 aromatic heterocycles. The SMILES string of the molecule is CCC(COC)(Nc1ccccc1)C(=O)O. The van der Waals surface area contributed by atoms with E-state index in [0.29, 0.717) is 6.42 Å². The van der Waals surface area contributed by atoms with Gasteiger partial charge in [-0.25, -0.2) is 4.79 Å². The lowest BCUT2D eigenvalue weighted by molar-refractivity contribution is -0.144. The minimum absolute atomic E-state index is 0.133. The third-order valence-corrected chi connectivity index (χ3v) is 2.56. The molecular formula is C12H17NO3. The van der Waals surface area contributed by atoms with Crippen molar-refractivity contribution in [1.82, 2.24) is 0 Å². The molecule has 0 aliphatic heterocycles. The molecule has 16 heavy (non-hydrogen) atoms. The summed E-state index contributed by atoms with van der Waals surface area (Å²) in [6, 6.07) is 9.27. The molecule has 0 aliphatic carbocycles. The number of benzene rings is 1. The van der Waals surface area contributed by atoms with Gasteiger partial charge in [0, 0.05) is 12.8 Å². The molecule has 4 nitrogen and oxygen atoms in total. The van der Waals surface area contributed by atoms with Gasteiger partial charge in [0.25, 0.3) is 0 Å². The first-order valence-electron chi connectivity index (χ1n) is 5.20. The molecule has 1 atom stereocenters. The molecule has 0 fully saturated rings. The van der Waals surface area contributed by atoms with Crippen LogP contribution in [0.3, 0.4) is 0 Å². The Bertz CT molecular complexity index is 339. The molecule has 0 saturated heterocycles.